The first-order chi connectivity index (χ1) is 14.0. The molecule has 4 N–H and O–H groups in total. The third-order valence-corrected chi connectivity index (χ3v) is 6.37. The van der Waals surface area contributed by atoms with Gasteiger partial charge >= 0.3 is 0 Å². The van der Waals surface area contributed by atoms with Crippen LogP contribution in [0.25, 0.3) is 0 Å². The SMILES string of the molecule is Cc1cccc(C(=O)Nc2ccccc2C(=O)NC2C3CCCC2CC(N)C3)c1. The molecule has 0 aromatic heterocycles. The van der Waals surface area contributed by atoms with Gasteiger partial charge in [0.1, 0.15) is 0 Å². The van der Waals surface area contributed by atoms with Gasteiger partial charge in [-0.15, -0.1) is 0 Å². The van der Waals surface area contributed by atoms with E-state index in [4.69, 9.17) is 5.73 Å². The molecule has 2 fully saturated rings. The molecular weight excluding hydrogens is 362 g/mol. The van der Waals surface area contributed by atoms with Gasteiger partial charge in [0.05, 0.1) is 11.3 Å². The van der Waals surface area contributed by atoms with Crippen LogP contribution in [-0.4, -0.2) is 23.9 Å². The van der Waals surface area contributed by atoms with Crippen LogP contribution in [-0.2, 0) is 0 Å². The fraction of sp³-hybridized carbons (Fsp3) is 0.417. The van der Waals surface area contributed by atoms with Gasteiger partial charge in [-0.05, 0) is 68.7 Å². The van der Waals surface area contributed by atoms with Crippen LogP contribution in [0.3, 0.4) is 0 Å². The Labute approximate surface area is 172 Å². The fourth-order valence-electron chi connectivity index (χ4n) is 5.02. The molecule has 0 aliphatic heterocycles. The molecular formula is C24H29N3O2. The van der Waals surface area contributed by atoms with Crippen LogP contribution >= 0.6 is 0 Å². The quantitative estimate of drug-likeness (QED) is 0.739. The predicted octanol–water partition coefficient (Wildman–Crippen LogP) is 3.88. The highest BCUT2D eigenvalue weighted by Gasteiger charge is 2.40. The van der Waals surface area contributed by atoms with Crippen LogP contribution in [0.15, 0.2) is 48.5 Å². The summed E-state index contributed by atoms with van der Waals surface area (Å²) < 4.78 is 0. The molecule has 0 heterocycles. The molecule has 2 saturated carbocycles. The normalized spacial score (nSPS) is 25.9. The largest absolute Gasteiger partial charge is 0.349 e. The van der Waals surface area contributed by atoms with E-state index in [0.29, 0.717) is 28.7 Å². The van der Waals surface area contributed by atoms with Crippen LogP contribution in [0, 0.1) is 18.8 Å². The summed E-state index contributed by atoms with van der Waals surface area (Å²) in [5, 5.41) is 6.18. The van der Waals surface area contributed by atoms with Crippen molar-refractivity contribution in [2.24, 2.45) is 17.6 Å². The van der Waals surface area contributed by atoms with Gasteiger partial charge in [-0.1, -0.05) is 36.2 Å². The molecule has 2 bridgehead atoms. The van der Waals surface area contributed by atoms with E-state index < -0.39 is 0 Å². The van der Waals surface area contributed by atoms with Crippen molar-refractivity contribution in [2.45, 2.75) is 51.1 Å². The average molecular weight is 392 g/mol. The first-order valence-electron chi connectivity index (χ1n) is 10.5. The number of anilines is 1. The third-order valence-electron chi connectivity index (χ3n) is 6.37. The molecule has 2 amide bonds. The number of rotatable bonds is 4. The number of aryl methyl sites for hydroxylation is 1. The molecule has 0 spiro atoms. The number of hydrogen-bond donors (Lipinski definition) is 3. The van der Waals surface area contributed by atoms with Gasteiger partial charge in [0.15, 0.2) is 0 Å². The number of benzene rings is 2. The zero-order valence-corrected chi connectivity index (χ0v) is 16.9. The summed E-state index contributed by atoms with van der Waals surface area (Å²) in [5.74, 6) is 0.572. The number of hydrogen-bond acceptors (Lipinski definition) is 3. The molecule has 5 nitrogen and oxygen atoms in total. The summed E-state index contributed by atoms with van der Waals surface area (Å²) in [5.41, 5.74) is 8.85. The second-order valence-corrected chi connectivity index (χ2v) is 8.55. The number of nitrogens with two attached hydrogens (primary N) is 1. The highest BCUT2D eigenvalue weighted by atomic mass is 16.2. The Kier molecular flexibility index (Phi) is 5.67. The van der Waals surface area contributed by atoms with E-state index in [1.807, 2.05) is 37.3 Å². The van der Waals surface area contributed by atoms with Crippen molar-refractivity contribution >= 4 is 17.5 Å². The number of carbonyl (C=O) groups excluding carboxylic acids is 2. The average Bonchev–Trinajstić information content (AvgIpc) is 2.69. The molecule has 2 atom stereocenters. The Balaban J connectivity index is 1.50. The lowest BCUT2D eigenvalue weighted by Gasteiger charge is -2.45. The summed E-state index contributed by atoms with van der Waals surface area (Å²) in [4.78, 5) is 25.8. The minimum atomic E-state index is -0.213. The van der Waals surface area contributed by atoms with Crippen molar-refractivity contribution < 1.29 is 9.59 Å². The summed E-state index contributed by atoms with van der Waals surface area (Å²) in [6.07, 6.45) is 5.43. The van der Waals surface area contributed by atoms with E-state index >= 15 is 0 Å². The second-order valence-electron chi connectivity index (χ2n) is 8.55. The minimum Gasteiger partial charge on any atom is -0.349 e. The van der Waals surface area contributed by atoms with Gasteiger partial charge in [-0.2, -0.15) is 0 Å². The Hall–Kier alpha value is -2.66. The van der Waals surface area contributed by atoms with Crippen molar-refractivity contribution in [1.82, 2.24) is 5.32 Å². The Bertz CT molecular complexity index is 897. The lowest BCUT2D eigenvalue weighted by Crippen LogP contribution is -2.53. The van der Waals surface area contributed by atoms with Gasteiger partial charge in [-0.3, -0.25) is 9.59 Å². The summed E-state index contributed by atoms with van der Waals surface area (Å²) in [6, 6.07) is 15.1. The number of para-hydroxylation sites is 1. The van der Waals surface area contributed by atoms with Crippen molar-refractivity contribution in [2.75, 3.05) is 5.32 Å². The van der Waals surface area contributed by atoms with Crippen LogP contribution in [0.2, 0.25) is 0 Å². The molecule has 2 unspecified atom stereocenters. The predicted molar refractivity (Wildman–Crippen MR) is 115 cm³/mol. The standard InChI is InChI=1S/C24H29N3O2/c1-15-6-4-9-18(12-15)23(28)26-21-11-3-2-10-20(21)24(29)27-22-16-7-5-8-17(22)14-19(25)13-16/h2-4,6,9-12,16-17,19,22H,5,7-8,13-14,25H2,1H3,(H,26,28)(H,27,29). The highest BCUT2D eigenvalue weighted by Crippen LogP contribution is 2.39. The van der Waals surface area contributed by atoms with E-state index in [1.165, 1.54) is 6.42 Å². The monoisotopic (exact) mass is 391 g/mol. The number of nitrogens with one attached hydrogen (secondary N) is 2. The van der Waals surface area contributed by atoms with Crippen molar-refractivity contribution in [1.29, 1.82) is 0 Å². The van der Waals surface area contributed by atoms with Crippen molar-refractivity contribution in [3.8, 4) is 0 Å². The molecule has 2 aliphatic carbocycles. The smallest absolute Gasteiger partial charge is 0.255 e. The van der Waals surface area contributed by atoms with E-state index in [0.717, 1.165) is 31.2 Å². The van der Waals surface area contributed by atoms with Crippen LogP contribution in [0.1, 0.15) is 58.4 Å². The van der Waals surface area contributed by atoms with E-state index in [-0.39, 0.29) is 23.9 Å². The minimum absolute atomic E-state index is 0.123. The topological polar surface area (TPSA) is 84.2 Å². The molecule has 5 heteroatoms. The maximum absolute atomic E-state index is 13.1. The maximum atomic E-state index is 13.1. The van der Waals surface area contributed by atoms with Gasteiger partial charge in [0, 0.05) is 17.6 Å². The number of fused-ring (bicyclic) bond motifs is 2. The third kappa shape index (κ3) is 4.35. The lowest BCUT2D eigenvalue weighted by atomic mass is 9.67. The van der Waals surface area contributed by atoms with Crippen molar-refractivity contribution in [3.05, 3.63) is 65.2 Å². The first-order valence-corrected chi connectivity index (χ1v) is 10.5. The molecule has 152 valence electrons. The molecule has 29 heavy (non-hydrogen) atoms. The summed E-state index contributed by atoms with van der Waals surface area (Å²) >= 11 is 0. The molecule has 2 aliphatic rings. The van der Waals surface area contributed by atoms with E-state index in [9.17, 15) is 9.59 Å². The molecule has 0 radical (unpaired) electrons. The van der Waals surface area contributed by atoms with E-state index in [2.05, 4.69) is 10.6 Å². The molecule has 2 aromatic carbocycles. The van der Waals surface area contributed by atoms with Gasteiger partial charge < -0.3 is 16.4 Å². The lowest BCUT2D eigenvalue weighted by molar-refractivity contribution is 0.0757. The molecule has 4 rings (SSSR count). The number of carbonyl (C=O) groups is 2. The Morgan fingerprint density at radius 2 is 1.69 bits per heavy atom. The zero-order valence-electron chi connectivity index (χ0n) is 16.9. The van der Waals surface area contributed by atoms with Crippen LogP contribution in [0.4, 0.5) is 5.69 Å². The maximum Gasteiger partial charge on any atom is 0.255 e. The summed E-state index contributed by atoms with van der Waals surface area (Å²) in [7, 11) is 0. The Morgan fingerprint density at radius 1 is 0.966 bits per heavy atom. The molecule has 2 aromatic rings. The van der Waals surface area contributed by atoms with E-state index in [1.54, 1.807) is 18.2 Å². The second kappa shape index (κ2) is 8.37. The van der Waals surface area contributed by atoms with Gasteiger partial charge in [-0.25, -0.2) is 0 Å². The zero-order chi connectivity index (χ0) is 20.4. The van der Waals surface area contributed by atoms with Gasteiger partial charge in [0.25, 0.3) is 11.8 Å². The highest BCUT2D eigenvalue weighted by molar-refractivity contribution is 6.09. The van der Waals surface area contributed by atoms with Crippen LogP contribution in [0.5, 0.6) is 0 Å². The van der Waals surface area contributed by atoms with Crippen LogP contribution < -0.4 is 16.4 Å². The van der Waals surface area contributed by atoms with Crippen molar-refractivity contribution in [3.63, 3.8) is 0 Å². The fourth-order valence-corrected chi connectivity index (χ4v) is 5.02. The first kappa shape index (κ1) is 19.6. The number of amides is 2. The molecule has 0 saturated heterocycles. The van der Waals surface area contributed by atoms with Gasteiger partial charge in [0.2, 0.25) is 0 Å². The Morgan fingerprint density at radius 3 is 2.41 bits per heavy atom. The summed E-state index contributed by atoms with van der Waals surface area (Å²) in [6.45, 7) is 1.95.